The van der Waals surface area contributed by atoms with Gasteiger partial charge in [-0.3, -0.25) is 4.79 Å². The Morgan fingerprint density at radius 1 is 1.44 bits per heavy atom. The molecule has 2 atom stereocenters. The van der Waals surface area contributed by atoms with Gasteiger partial charge in [-0.25, -0.2) is 0 Å². The molecular formula is C13H17NO2. The molecule has 0 bridgehead atoms. The van der Waals surface area contributed by atoms with Gasteiger partial charge in [0.05, 0.1) is 13.0 Å². The number of carbonyl (C=O) groups is 1. The number of esters is 1. The number of hydrogen-bond acceptors (Lipinski definition) is 3. The van der Waals surface area contributed by atoms with Crippen LogP contribution in [0.3, 0.4) is 0 Å². The zero-order valence-electron chi connectivity index (χ0n) is 9.69. The number of benzene rings is 1. The molecule has 2 rings (SSSR count). The third-order valence-electron chi connectivity index (χ3n) is 3.25. The van der Waals surface area contributed by atoms with Crippen molar-refractivity contribution in [2.75, 3.05) is 13.7 Å². The summed E-state index contributed by atoms with van der Waals surface area (Å²) in [6, 6.07) is 8.28. The van der Waals surface area contributed by atoms with E-state index in [0.29, 0.717) is 0 Å². The summed E-state index contributed by atoms with van der Waals surface area (Å²) in [7, 11) is 1.45. The average molecular weight is 219 g/mol. The SMILES string of the molecule is COC(=O)C1CCNC1c1ccccc1C. The third-order valence-corrected chi connectivity index (χ3v) is 3.25. The van der Waals surface area contributed by atoms with Crippen LogP contribution in [0, 0.1) is 12.8 Å². The first-order valence-electron chi connectivity index (χ1n) is 5.61. The molecule has 1 fully saturated rings. The van der Waals surface area contributed by atoms with Crippen molar-refractivity contribution >= 4 is 5.97 Å². The standard InChI is InChI=1S/C13H17NO2/c1-9-5-3-4-6-10(9)12-11(7-8-14-12)13(15)16-2/h3-6,11-12,14H,7-8H2,1-2H3. The summed E-state index contributed by atoms with van der Waals surface area (Å²) in [5.74, 6) is -0.163. The van der Waals surface area contributed by atoms with Gasteiger partial charge in [-0.2, -0.15) is 0 Å². The van der Waals surface area contributed by atoms with E-state index in [1.165, 1.54) is 18.2 Å². The fraction of sp³-hybridized carbons (Fsp3) is 0.462. The molecule has 0 radical (unpaired) electrons. The van der Waals surface area contributed by atoms with Gasteiger partial charge in [-0.05, 0) is 31.0 Å². The second kappa shape index (κ2) is 4.66. The Hall–Kier alpha value is -1.35. The first-order chi connectivity index (χ1) is 7.74. The maximum atomic E-state index is 11.6. The van der Waals surface area contributed by atoms with Crippen LogP contribution >= 0.6 is 0 Å². The lowest BCUT2D eigenvalue weighted by Crippen LogP contribution is -2.25. The summed E-state index contributed by atoms with van der Waals surface area (Å²) in [6.45, 7) is 2.95. The van der Waals surface area contributed by atoms with Crippen molar-refractivity contribution in [2.24, 2.45) is 5.92 Å². The number of nitrogens with one attached hydrogen (secondary N) is 1. The van der Waals surface area contributed by atoms with E-state index in [1.54, 1.807) is 0 Å². The summed E-state index contributed by atoms with van der Waals surface area (Å²) in [5.41, 5.74) is 2.42. The van der Waals surface area contributed by atoms with Gasteiger partial charge < -0.3 is 10.1 Å². The first-order valence-corrected chi connectivity index (χ1v) is 5.61. The van der Waals surface area contributed by atoms with Crippen molar-refractivity contribution in [3.05, 3.63) is 35.4 Å². The molecule has 1 aliphatic heterocycles. The van der Waals surface area contributed by atoms with Crippen LogP contribution in [-0.2, 0) is 9.53 Å². The highest BCUT2D eigenvalue weighted by Gasteiger charge is 2.34. The quantitative estimate of drug-likeness (QED) is 0.771. The van der Waals surface area contributed by atoms with Gasteiger partial charge in [-0.15, -0.1) is 0 Å². The van der Waals surface area contributed by atoms with Crippen LogP contribution in [0.4, 0.5) is 0 Å². The van der Waals surface area contributed by atoms with E-state index in [0.717, 1.165) is 13.0 Å². The fourth-order valence-corrected chi connectivity index (χ4v) is 2.37. The predicted octanol–water partition coefficient (Wildman–Crippen LogP) is 1.82. The van der Waals surface area contributed by atoms with Gasteiger partial charge in [0.1, 0.15) is 0 Å². The summed E-state index contributed by atoms with van der Waals surface area (Å²) in [6.07, 6.45) is 0.853. The lowest BCUT2D eigenvalue weighted by atomic mass is 9.91. The minimum atomic E-state index is -0.113. The van der Waals surface area contributed by atoms with E-state index in [-0.39, 0.29) is 17.9 Å². The van der Waals surface area contributed by atoms with Gasteiger partial charge in [0.25, 0.3) is 0 Å². The highest BCUT2D eigenvalue weighted by Crippen LogP contribution is 2.31. The van der Waals surface area contributed by atoms with Gasteiger partial charge in [0.2, 0.25) is 0 Å². The largest absolute Gasteiger partial charge is 0.469 e. The van der Waals surface area contributed by atoms with Crippen LogP contribution in [0.1, 0.15) is 23.6 Å². The number of ether oxygens (including phenoxy) is 1. The second-order valence-corrected chi connectivity index (χ2v) is 4.21. The number of rotatable bonds is 2. The second-order valence-electron chi connectivity index (χ2n) is 4.21. The molecule has 1 N–H and O–H groups in total. The highest BCUT2D eigenvalue weighted by atomic mass is 16.5. The summed E-state index contributed by atoms with van der Waals surface area (Å²) in [5, 5.41) is 3.38. The third kappa shape index (κ3) is 1.95. The molecule has 0 aliphatic carbocycles. The molecule has 0 saturated carbocycles. The summed E-state index contributed by atoms with van der Waals surface area (Å²) in [4.78, 5) is 11.6. The normalized spacial score (nSPS) is 24.4. The molecule has 1 aromatic carbocycles. The van der Waals surface area contributed by atoms with Crippen LogP contribution in [0.15, 0.2) is 24.3 Å². The van der Waals surface area contributed by atoms with Crippen molar-refractivity contribution in [3.8, 4) is 0 Å². The highest BCUT2D eigenvalue weighted by molar-refractivity contribution is 5.74. The van der Waals surface area contributed by atoms with Crippen molar-refractivity contribution in [1.29, 1.82) is 0 Å². The zero-order valence-corrected chi connectivity index (χ0v) is 9.69. The van der Waals surface area contributed by atoms with E-state index in [2.05, 4.69) is 24.4 Å². The lowest BCUT2D eigenvalue weighted by molar-refractivity contribution is -0.145. The van der Waals surface area contributed by atoms with Crippen LogP contribution in [-0.4, -0.2) is 19.6 Å². The van der Waals surface area contributed by atoms with Crippen molar-refractivity contribution in [1.82, 2.24) is 5.32 Å². The van der Waals surface area contributed by atoms with E-state index in [1.807, 2.05) is 12.1 Å². The molecule has 1 aliphatic rings. The van der Waals surface area contributed by atoms with E-state index < -0.39 is 0 Å². The molecule has 0 aromatic heterocycles. The minimum Gasteiger partial charge on any atom is -0.469 e. The van der Waals surface area contributed by atoms with E-state index in [9.17, 15) is 4.79 Å². The Bertz CT molecular complexity index is 389. The Morgan fingerprint density at radius 3 is 2.88 bits per heavy atom. The van der Waals surface area contributed by atoms with Crippen LogP contribution in [0.2, 0.25) is 0 Å². The topological polar surface area (TPSA) is 38.3 Å². The van der Waals surface area contributed by atoms with Gasteiger partial charge in [0.15, 0.2) is 0 Å². The Labute approximate surface area is 95.8 Å². The number of methoxy groups -OCH3 is 1. The number of carbonyl (C=O) groups excluding carboxylic acids is 1. The monoisotopic (exact) mass is 219 g/mol. The molecule has 1 saturated heterocycles. The molecule has 0 amide bonds. The summed E-state index contributed by atoms with van der Waals surface area (Å²) >= 11 is 0. The first kappa shape index (κ1) is 11.1. The molecular weight excluding hydrogens is 202 g/mol. The smallest absolute Gasteiger partial charge is 0.310 e. The summed E-state index contributed by atoms with van der Waals surface area (Å²) < 4.78 is 4.85. The number of aryl methyl sites for hydroxylation is 1. The Kier molecular flexibility index (Phi) is 3.25. The Balaban J connectivity index is 2.27. The van der Waals surface area contributed by atoms with Crippen molar-refractivity contribution in [3.63, 3.8) is 0 Å². The predicted molar refractivity (Wildman–Crippen MR) is 62.0 cm³/mol. The molecule has 16 heavy (non-hydrogen) atoms. The van der Waals surface area contributed by atoms with Crippen molar-refractivity contribution < 1.29 is 9.53 Å². The zero-order chi connectivity index (χ0) is 11.5. The fourth-order valence-electron chi connectivity index (χ4n) is 2.37. The van der Waals surface area contributed by atoms with Crippen molar-refractivity contribution in [2.45, 2.75) is 19.4 Å². The lowest BCUT2D eigenvalue weighted by Gasteiger charge is -2.19. The Morgan fingerprint density at radius 2 is 2.19 bits per heavy atom. The average Bonchev–Trinajstić information content (AvgIpc) is 2.77. The van der Waals surface area contributed by atoms with Gasteiger partial charge in [-0.1, -0.05) is 24.3 Å². The van der Waals surface area contributed by atoms with E-state index >= 15 is 0 Å². The van der Waals surface area contributed by atoms with Crippen LogP contribution in [0.5, 0.6) is 0 Å². The van der Waals surface area contributed by atoms with Crippen LogP contribution in [0.25, 0.3) is 0 Å². The molecule has 2 unspecified atom stereocenters. The molecule has 1 heterocycles. The van der Waals surface area contributed by atoms with Gasteiger partial charge in [0, 0.05) is 6.04 Å². The maximum Gasteiger partial charge on any atom is 0.310 e. The molecule has 3 nitrogen and oxygen atoms in total. The molecule has 3 heteroatoms. The van der Waals surface area contributed by atoms with Crippen LogP contribution < -0.4 is 5.32 Å². The maximum absolute atomic E-state index is 11.6. The molecule has 86 valence electrons. The molecule has 1 aromatic rings. The van der Waals surface area contributed by atoms with Gasteiger partial charge >= 0.3 is 5.97 Å². The minimum absolute atomic E-state index is 0.0499. The van der Waals surface area contributed by atoms with E-state index in [4.69, 9.17) is 4.74 Å². The molecule has 0 spiro atoms. The number of hydrogen-bond donors (Lipinski definition) is 1.